The Morgan fingerprint density at radius 2 is 2.03 bits per heavy atom. The molecule has 0 amide bonds. The molecule has 1 aliphatic heterocycles. The molecule has 15 heteroatoms. The molecule has 0 spiro atoms. The Bertz CT molecular complexity index is 1140. The maximum Gasteiger partial charge on any atom is 0.574 e. The second-order valence-corrected chi connectivity index (χ2v) is 8.78. The Hall–Kier alpha value is -2.70. The summed E-state index contributed by atoms with van der Waals surface area (Å²) in [6, 6.07) is 6.59. The van der Waals surface area contributed by atoms with Gasteiger partial charge in [-0.1, -0.05) is 0 Å². The third kappa shape index (κ3) is 5.81. The van der Waals surface area contributed by atoms with Crippen molar-refractivity contribution in [1.82, 2.24) is 9.29 Å². The number of sulfonamides is 1. The number of hydrogen-bond acceptors (Lipinski definition) is 8. The third-order valence-corrected chi connectivity index (χ3v) is 6.47. The van der Waals surface area contributed by atoms with E-state index in [0.29, 0.717) is 6.20 Å². The Labute approximate surface area is 191 Å². The van der Waals surface area contributed by atoms with E-state index in [2.05, 4.69) is 9.72 Å². The molecule has 1 aromatic heterocycles. The number of ether oxygens (including phenoxy) is 2. The van der Waals surface area contributed by atoms with E-state index in [1.807, 2.05) is 0 Å². The van der Waals surface area contributed by atoms with Crippen molar-refractivity contribution < 1.29 is 40.6 Å². The summed E-state index contributed by atoms with van der Waals surface area (Å²) in [7, 11) is -4.30. The fourth-order valence-corrected chi connectivity index (χ4v) is 4.47. The molecule has 180 valence electrons. The van der Waals surface area contributed by atoms with Gasteiger partial charge in [-0.25, -0.2) is 17.8 Å². The molecule has 2 atom stereocenters. The van der Waals surface area contributed by atoms with Crippen molar-refractivity contribution in [1.29, 1.82) is 5.26 Å². The highest BCUT2D eigenvalue weighted by Gasteiger charge is 2.50. The van der Waals surface area contributed by atoms with E-state index in [4.69, 9.17) is 15.7 Å². The lowest BCUT2D eigenvalue weighted by molar-refractivity contribution is -0.276. The van der Waals surface area contributed by atoms with Crippen LogP contribution in [0.25, 0.3) is 0 Å². The molecule has 0 saturated carbocycles. The van der Waals surface area contributed by atoms with Crippen LogP contribution in [0.5, 0.6) is 11.6 Å². The first kappa shape index (κ1) is 26.6. The van der Waals surface area contributed by atoms with Gasteiger partial charge in [0.2, 0.25) is 15.9 Å². The van der Waals surface area contributed by atoms with Crippen LogP contribution >= 0.6 is 12.4 Å². The lowest BCUT2D eigenvalue weighted by atomic mass is 10.0. The second kappa shape index (κ2) is 9.65. The SMILES string of the molecule is Cl.N#Cc1ccc(O[C@H]2CN(S(=O)(=O)c3ccc(OC(F)(F)F)nc3)C[C@@]2(O)CN)cc1F. The van der Waals surface area contributed by atoms with E-state index < -0.39 is 64.3 Å². The molecule has 1 fully saturated rings. The third-order valence-electron chi connectivity index (χ3n) is 4.68. The molecule has 9 nitrogen and oxygen atoms in total. The van der Waals surface area contributed by atoms with Crippen molar-refractivity contribution in [2.45, 2.75) is 23.0 Å². The van der Waals surface area contributed by atoms with Gasteiger partial charge in [0.1, 0.15) is 34.2 Å². The predicted molar refractivity (Wildman–Crippen MR) is 106 cm³/mol. The van der Waals surface area contributed by atoms with Gasteiger partial charge in [-0.05, 0) is 18.2 Å². The number of aromatic nitrogens is 1. The summed E-state index contributed by atoms with van der Waals surface area (Å²) < 4.78 is 86.4. The van der Waals surface area contributed by atoms with Crippen LogP contribution in [0.2, 0.25) is 0 Å². The van der Waals surface area contributed by atoms with Gasteiger partial charge < -0.3 is 20.3 Å². The molecular formula is C18H17ClF4N4O5S. The van der Waals surface area contributed by atoms with E-state index >= 15 is 0 Å². The van der Waals surface area contributed by atoms with Crippen LogP contribution in [0.15, 0.2) is 41.4 Å². The topological polar surface area (TPSA) is 139 Å². The first-order valence-electron chi connectivity index (χ1n) is 8.89. The Morgan fingerprint density at radius 3 is 2.55 bits per heavy atom. The number of rotatable bonds is 6. The van der Waals surface area contributed by atoms with Crippen molar-refractivity contribution in [3.63, 3.8) is 0 Å². The van der Waals surface area contributed by atoms with Gasteiger partial charge in [0.15, 0.2) is 0 Å². The standard InChI is InChI=1S/C18H16F4N4O5S.ClH/c19-14-5-12(2-1-11(14)6-23)30-15-8-26(10-17(15,27)9-24)32(28,29)13-3-4-16(25-7-13)31-18(20,21)22;/h1-5,7,15,27H,8-10,24H2;1H/t15-,17-;/m0./s1. The highest BCUT2D eigenvalue weighted by atomic mass is 35.5. The number of nitrogens with two attached hydrogens (primary N) is 1. The summed E-state index contributed by atoms with van der Waals surface area (Å²) in [4.78, 5) is 2.89. The number of alkyl halides is 3. The fraction of sp³-hybridized carbons (Fsp3) is 0.333. The van der Waals surface area contributed by atoms with Crippen molar-refractivity contribution >= 4 is 22.4 Å². The van der Waals surface area contributed by atoms with Gasteiger partial charge in [0, 0.05) is 25.2 Å². The summed E-state index contributed by atoms with van der Waals surface area (Å²) in [6.45, 7) is -1.28. The summed E-state index contributed by atoms with van der Waals surface area (Å²) in [5, 5.41) is 19.6. The molecule has 0 aliphatic carbocycles. The van der Waals surface area contributed by atoms with E-state index in [1.54, 1.807) is 6.07 Å². The number of aliphatic hydroxyl groups is 1. The summed E-state index contributed by atoms with van der Waals surface area (Å²) in [5.41, 5.74) is 3.53. The molecule has 1 aliphatic rings. The van der Waals surface area contributed by atoms with Gasteiger partial charge in [-0.2, -0.15) is 9.57 Å². The number of hydrogen-bond donors (Lipinski definition) is 2. The van der Waals surface area contributed by atoms with Gasteiger partial charge in [-0.3, -0.25) is 0 Å². The minimum absolute atomic E-state index is 0. The Balaban J connectivity index is 0.00000385. The minimum Gasteiger partial charge on any atom is -0.486 e. The summed E-state index contributed by atoms with van der Waals surface area (Å²) >= 11 is 0. The van der Waals surface area contributed by atoms with Crippen LogP contribution in [0.4, 0.5) is 17.6 Å². The zero-order valence-corrected chi connectivity index (χ0v) is 18.1. The highest BCUT2D eigenvalue weighted by molar-refractivity contribution is 7.89. The van der Waals surface area contributed by atoms with Crippen LogP contribution in [-0.4, -0.2) is 60.5 Å². The molecular weight excluding hydrogens is 496 g/mol. The molecule has 3 rings (SSSR count). The van der Waals surface area contributed by atoms with Crippen LogP contribution in [0, 0.1) is 17.1 Å². The number of β-amino-alcohol motifs (C(OH)–C–C–N with tert-alkyl or cyclic N) is 1. The minimum atomic E-state index is -4.99. The number of pyridine rings is 1. The molecule has 2 aromatic rings. The smallest absolute Gasteiger partial charge is 0.486 e. The Kier molecular flexibility index (Phi) is 7.77. The molecule has 3 N–H and O–H groups in total. The number of nitrogens with zero attached hydrogens (tertiary/aromatic N) is 3. The summed E-state index contributed by atoms with van der Waals surface area (Å²) in [5.74, 6) is -1.77. The molecule has 33 heavy (non-hydrogen) atoms. The zero-order chi connectivity index (χ0) is 23.7. The molecule has 0 bridgehead atoms. The highest BCUT2D eigenvalue weighted by Crippen LogP contribution is 2.31. The van der Waals surface area contributed by atoms with E-state index in [0.717, 1.165) is 28.6 Å². The van der Waals surface area contributed by atoms with Crippen molar-refractivity contribution in [3.8, 4) is 17.7 Å². The molecule has 0 radical (unpaired) electrons. The van der Waals surface area contributed by atoms with Crippen LogP contribution in [-0.2, 0) is 10.0 Å². The predicted octanol–water partition coefficient (Wildman–Crippen LogP) is 1.55. The van der Waals surface area contributed by atoms with Gasteiger partial charge in [0.25, 0.3) is 0 Å². The lowest BCUT2D eigenvalue weighted by Crippen LogP contribution is -2.50. The van der Waals surface area contributed by atoms with E-state index in [-0.39, 0.29) is 23.7 Å². The molecule has 1 saturated heterocycles. The molecule has 2 heterocycles. The van der Waals surface area contributed by atoms with E-state index in [9.17, 15) is 31.1 Å². The van der Waals surface area contributed by atoms with Crippen molar-refractivity contribution in [3.05, 3.63) is 47.9 Å². The number of halogens is 5. The van der Waals surface area contributed by atoms with Crippen LogP contribution in [0.3, 0.4) is 0 Å². The number of nitriles is 1. The van der Waals surface area contributed by atoms with Gasteiger partial charge >= 0.3 is 6.36 Å². The van der Waals surface area contributed by atoms with Gasteiger partial charge in [-0.15, -0.1) is 25.6 Å². The quantitative estimate of drug-likeness (QED) is 0.556. The van der Waals surface area contributed by atoms with Crippen molar-refractivity contribution in [2.24, 2.45) is 5.73 Å². The first-order valence-corrected chi connectivity index (χ1v) is 10.3. The van der Waals surface area contributed by atoms with Crippen molar-refractivity contribution in [2.75, 3.05) is 19.6 Å². The average molecular weight is 513 g/mol. The average Bonchev–Trinajstić information content (AvgIpc) is 3.05. The largest absolute Gasteiger partial charge is 0.574 e. The lowest BCUT2D eigenvalue weighted by Gasteiger charge is -2.27. The Morgan fingerprint density at radius 1 is 1.33 bits per heavy atom. The van der Waals surface area contributed by atoms with Gasteiger partial charge in [0.05, 0.1) is 18.3 Å². The molecule has 1 aromatic carbocycles. The maximum atomic E-state index is 13.8. The second-order valence-electron chi connectivity index (χ2n) is 6.85. The van der Waals surface area contributed by atoms with E-state index in [1.165, 1.54) is 6.07 Å². The first-order chi connectivity index (χ1) is 14.9. The summed E-state index contributed by atoms with van der Waals surface area (Å²) in [6.07, 6.45) is -5.51. The normalized spacial score (nSPS) is 21.2. The maximum absolute atomic E-state index is 13.8. The van der Waals surface area contributed by atoms with Crippen LogP contribution < -0.4 is 15.2 Å². The zero-order valence-electron chi connectivity index (χ0n) is 16.5. The fourth-order valence-electron chi connectivity index (χ4n) is 3.02. The van der Waals surface area contributed by atoms with Crippen LogP contribution in [0.1, 0.15) is 5.56 Å². The monoisotopic (exact) mass is 512 g/mol. The number of benzene rings is 1. The molecule has 0 unspecified atom stereocenters.